The Morgan fingerprint density at radius 2 is 1.96 bits per heavy atom. The van der Waals surface area contributed by atoms with Gasteiger partial charge < -0.3 is 9.84 Å². The van der Waals surface area contributed by atoms with E-state index in [1.807, 2.05) is 24.3 Å². The molecule has 1 aliphatic heterocycles. The standard InChI is InChI=1S/C17H23BrN2O4/c1-16(2,3)24-15(23)20-10-4-9-17(19-20,14(21)22)11-12-5-7-13(18)8-6-12/h5-8,19H,4,9-11H2,1-3H3,(H,21,22). The van der Waals surface area contributed by atoms with E-state index in [-0.39, 0.29) is 6.42 Å². The van der Waals surface area contributed by atoms with Gasteiger partial charge in [-0.05, 0) is 51.3 Å². The summed E-state index contributed by atoms with van der Waals surface area (Å²) in [6.07, 6.45) is 0.769. The van der Waals surface area contributed by atoms with Crippen molar-refractivity contribution in [3.05, 3.63) is 34.3 Å². The Balaban J connectivity index is 2.18. The summed E-state index contributed by atoms with van der Waals surface area (Å²) in [7, 11) is 0. The van der Waals surface area contributed by atoms with Crippen LogP contribution in [-0.2, 0) is 16.0 Å². The van der Waals surface area contributed by atoms with Gasteiger partial charge in [-0.15, -0.1) is 0 Å². The largest absolute Gasteiger partial charge is 0.480 e. The van der Waals surface area contributed by atoms with Gasteiger partial charge in [0.05, 0.1) is 0 Å². The molecule has 0 saturated carbocycles. The monoisotopic (exact) mass is 398 g/mol. The maximum Gasteiger partial charge on any atom is 0.424 e. The molecule has 24 heavy (non-hydrogen) atoms. The molecule has 1 unspecified atom stereocenters. The molecule has 0 radical (unpaired) electrons. The van der Waals surface area contributed by atoms with E-state index in [9.17, 15) is 14.7 Å². The number of ether oxygens (including phenoxy) is 1. The molecule has 1 aromatic carbocycles. The van der Waals surface area contributed by atoms with E-state index < -0.39 is 23.2 Å². The molecule has 0 aliphatic carbocycles. The molecule has 1 aromatic rings. The highest BCUT2D eigenvalue weighted by Crippen LogP contribution is 2.26. The van der Waals surface area contributed by atoms with Gasteiger partial charge in [-0.3, -0.25) is 4.79 Å². The molecular formula is C17H23BrN2O4. The van der Waals surface area contributed by atoms with Gasteiger partial charge in [0, 0.05) is 17.4 Å². The fourth-order valence-electron chi connectivity index (χ4n) is 2.67. The third-order valence-corrected chi connectivity index (χ3v) is 4.31. The zero-order chi connectivity index (χ0) is 18.0. The number of hydrogen-bond donors (Lipinski definition) is 2. The number of carboxylic acid groups (broad SMARTS) is 1. The highest BCUT2D eigenvalue weighted by atomic mass is 79.9. The second kappa shape index (κ2) is 7.11. The molecular weight excluding hydrogens is 376 g/mol. The van der Waals surface area contributed by atoms with Gasteiger partial charge in [0.2, 0.25) is 0 Å². The van der Waals surface area contributed by atoms with Crippen molar-refractivity contribution in [3.8, 4) is 0 Å². The van der Waals surface area contributed by atoms with E-state index >= 15 is 0 Å². The van der Waals surface area contributed by atoms with E-state index in [0.717, 1.165) is 10.0 Å². The molecule has 2 rings (SSSR count). The lowest BCUT2D eigenvalue weighted by molar-refractivity contribution is -0.149. The SMILES string of the molecule is CC(C)(C)OC(=O)N1CCCC(Cc2ccc(Br)cc2)(C(=O)O)N1. The number of amides is 1. The topological polar surface area (TPSA) is 78.9 Å². The molecule has 0 spiro atoms. The average Bonchev–Trinajstić information content (AvgIpc) is 2.48. The van der Waals surface area contributed by atoms with E-state index in [0.29, 0.717) is 19.4 Å². The lowest BCUT2D eigenvalue weighted by Crippen LogP contribution is -2.65. The van der Waals surface area contributed by atoms with Gasteiger partial charge in [-0.2, -0.15) is 0 Å². The number of benzene rings is 1. The summed E-state index contributed by atoms with van der Waals surface area (Å²) in [5.74, 6) is -0.973. The summed E-state index contributed by atoms with van der Waals surface area (Å²) < 4.78 is 6.27. The maximum atomic E-state index is 12.3. The van der Waals surface area contributed by atoms with Crippen LogP contribution in [0.5, 0.6) is 0 Å². The van der Waals surface area contributed by atoms with Crippen LogP contribution in [0.15, 0.2) is 28.7 Å². The van der Waals surface area contributed by atoms with Gasteiger partial charge in [0.15, 0.2) is 0 Å². The van der Waals surface area contributed by atoms with Crippen LogP contribution in [0.25, 0.3) is 0 Å². The molecule has 0 aromatic heterocycles. The van der Waals surface area contributed by atoms with Crippen molar-refractivity contribution in [2.75, 3.05) is 6.54 Å². The molecule has 7 heteroatoms. The molecule has 1 amide bonds. The first-order chi connectivity index (χ1) is 11.1. The van der Waals surface area contributed by atoms with E-state index in [1.54, 1.807) is 20.8 Å². The van der Waals surface area contributed by atoms with Crippen molar-refractivity contribution in [1.82, 2.24) is 10.4 Å². The zero-order valence-electron chi connectivity index (χ0n) is 14.1. The van der Waals surface area contributed by atoms with Gasteiger partial charge in [-0.1, -0.05) is 28.1 Å². The second-order valence-corrected chi connectivity index (χ2v) is 7.95. The molecule has 6 nitrogen and oxygen atoms in total. The highest BCUT2D eigenvalue weighted by Gasteiger charge is 2.44. The molecule has 1 heterocycles. The normalized spacial score (nSPS) is 21.4. The van der Waals surface area contributed by atoms with Gasteiger partial charge in [0.25, 0.3) is 0 Å². The number of hydrogen-bond acceptors (Lipinski definition) is 4. The number of carbonyl (C=O) groups excluding carboxylic acids is 1. The Hall–Kier alpha value is -1.60. The molecule has 1 fully saturated rings. The van der Waals surface area contributed by atoms with Crippen LogP contribution in [0.1, 0.15) is 39.2 Å². The fraction of sp³-hybridized carbons (Fsp3) is 0.529. The van der Waals surface area contributed by atoms with Crippen LogP contribution in [0, 0.1) is 0 Å². The smallest absolute Gasteiger partial charge is 0.424 e. The van der Waals surface area contributed by atoms with Crippen molar-refractivity contribution < 1.29 is 19.4 Å². The molecule has 1 atom stereocenters. The summed E-state index contributed by atoms with van der Waals surface area (Å²) in [5, 5.41) is 11.1. The predicted octanol–water partition coefficient (Wildman–Crippen LogP) is 3.35. The summed E-state index contributed by atoms with van der Waals surface area (Å²) in [5.41, 5.74) is 1.94. The Labute approximate surface area is 150 Å². The van der Waals surface area contributed by atoms with Crippen molar-refractivity contribution in [1.29, 1.82) is 0 Å². The van der Waals surface area contributed by atoms with Crippen molar-refractivity contribution >= 4 is 28.0 Å². The number of halogens is 1. The lowest BCUT2D eigenvalue weighted by atomic mass is 9.85. The van der Waals surface area contributed by atoms with E-state index in [1.165, 1.54) is 5.01 Å². The quantitative estimate of drug-likeness (QED) is 0.815. The Kier molecular flexibility index (Phi) is 5.55. The number of carbonyl (C=O) groups is 2. The molecule has 1 saturated heterocycles. The van der Waals surface area contributed by atoms with E-state index in [2.05, 4.69) is 21.4 Å². The van der Waals surface area contributed by atoms with Crippen molar-refractivity contribution in [2.24, 2.45) is 0 Å². The summed E-state index contributed by atoms with van der Waals surface area (Å²) >= 11 is 3.37. The van der Waals surface area contributed by atoms with Crippen LogP contribution in [0.4, 0.5) is 4.79 Å². The molecule has 132 valence electrons. The minimum atomic E-state index is -1.22. The maximum absolute atomic E-state index is 12.3. The summed E-state index contributed by atoms with van der Waals surface area (Å²) in [6.45, 7) is 5.76. The van der Waals surface area contributed by atoms with Crippen LogP contribution >= 0.6 is 15.9 Å². The van der Waals surface area contributed by atoms with Crippen molar-refractivity contribution in [3.63, 3.8) is 0 Å². The highest BCUT2D eigenvalue weighted by molar-refractivity contribution is 9.10. The first-order valence-electron chi connectivity index (χ1n) is 7.87. The van der Waals surface area contributed by atoms with Gasteiger partial charge in [-0.25, -0.2) is 15.2 Å². The minimum absolute atomic E-state index is 0.287. The van der Waals surface area contributed by atoms with Crippen LogP contribution in [0.3, 0.4) is 0 Å². The van der Waals surface area contributed by atoms with Crippen molar-refractivity contribution in [2.45, 2.75) is 51.2 Å². The Morgan fingerprint density at radius 1 is 1.33 bits per heavy atom. The lowest BCUT2D eigenvalue weighted by Gasteiger charge is -2.41. The minimum Gasteiger partial charge on any atom is -0.480 e. The van der Waals surface area contributed by atoms with E-state index in [4.69, 9.17) is 4.74 Å². The number of hydrazine groups is 1. The first kappa shape index (κ1) is 18.7. The van der Waals surface area contributed by atoms with Crippen LogP contribution < -0.4 is 5.43 Å². The predicted molar refractivity (Wildman–Crippen MR) is 93.5 cm³/mol. The molecule has 2 N–H and O–H groups in total. The Morgan fingerprint density at radius 3 is 2.50 bits per heavy atom. The summed E-state index contributed by atoms with van der Waals surface area (Å²) in [4.78, 5) is 24.2. The number of nitrogens with zero attached hydrogens (tertiary/aromatic N) is 1. The first-order valence-corrected chi connectivity index (χ1v) is 8.67. The average molecular weight is 399 g/mol. The summed E-state index contributed by atoms with van der Waals surface area (Å²) in [6, 6.07) is 7.50. The van der Waals surface area contributed by atoms with Crippen LogP contribution in [-0.4, -0.2) is 39.9 Å². The molecule has 1 aliphatic rings. The van der Waals surface area contributed by atoms with Crippen LogP contribution in [0.2, 0.25) is 0 Å². The number of aliphatic carboxylic acids is 1. The van der Waals surface area contributed by atoms with Gasteiger partial charge >= 0.3 is 12.1 Å². The second-order valence-electron chi connectivity index (χ2n) is 7.04. The van der Waals surface area contributed by atoms with Gasteiger partial charge in [0.1, 0.15) is 11.1 Å². The fourth-order valence-corrected chi connectivity index (χ4v) is 2.94. The Bertz CT molecular complexity index is 612. The number of rotatable bonds is 3. The third kappa shape index (κ3) is 4.70. The number of nitrogens with one attached hydrogen (secondary N) is 1. The number of carboxylic acids is 1. The zero-order valence-corrected chi connectivity index (χ0v) is 15.7. The third-order valence-electron chi connectivity index (χ3n) is 3.78. The molecule has 0 bridgehead atoms.